The Kier molecular flexibility index (Phi) is 25.8. The van der Waals surface area contributed by atoms with E-state index in [1.54, 1.807) is 91.3 Å². The maximum atomic E-state index is 14.8. The van der Waals surface area contributed by atoms with Gasteiger partial charge in [0.25, 0.3) is 20.0 Å². The Morgan fingerprint density at radius 1 is 0.382 bits per heavy atom. The van der Waals surface area contributed by atoms with Crippen LogP contribution >= 0.6 is 15.9 Å². The average molecular weight is 1840 g/mol. The van der Waals surface area contributed by atoms with Crippen molar-refractivity contribution < 1.29 is 92.7 Å². The van der Waals surface area contributed by atoms with Gasteiger partial charge in [0.2, 0.25) is 30.1 Å². The highest BCUT2D eigenvalue weighted by Gasteiger charge is 2.34. The summed E-state index contributed by atoms with van der Waals surface area (Å²) in [6, 6.07) is 42.2. The van der Waals surface area contributed by atoms with Gasteiger partial charge in [0.1, 0.15) is 23.1 Å². The molecule has 0 saturated carbocycles. The summed E-state index contributed by atoms with van der Waals surface area (Å²) in [4.78, 5) is 16.7. The first-order chi connectivity index (χ1) is 58.6. The van der Waals surface area contributed by atoms with E-state index in [0.717, 1.165) is 75.8 Å². The van der Waals surface area contributed by atoms with E-state index in [9.17, 15) is 68.4 Å². The number of aromatic amines is 1. The topological polar surface area (TPSA) is 313 Å². The number of H-pyrrole nitrogens is 1. The monoisotopic (exact) mass is 1840 g/mol. The number of aromatic nitrogens is 6. The van der Waals surface area contributed by atoms with Crippen molar-refractivity contribution in [3.63, 3.8) is 0 Å². The lowest BCUT2D eigenvalue weighted by molar-refractivity contribution is 0.386. The molecule has 9 heterocycles. The van der Waals surface area contributed by atoms with Crippen LogP contribution in [0.2, 0.25) is 0 Å². The summed E-state index contributed by atoms with van der Waals surface area (Å²) in [6.45, 7) is 6.72. The maximum absolute atomic E-state index is 14.8. The molecule has 24 nitrogen and oxygen atoms in total. The molecule has 123 heavy (non-hydrogen) atoms. The number of hydrogen-bond donors (Lipinski definition) is 3. The van der Waals surface area contributed by atoms with Crippen molar-refractivity contribution in [3.8, 4) is 72.9 Å². The molecule has 3 fully saturated rings. The fourth-order valence-corrected chi connectivity index (χ4v) is 22.4. The second kappa shape index (κ2) is 36.0. The van der Waals surface area contributed by atoms with Gasteiger partial charge in [-0.25, -0.2) is 91.3 Å². The molecule has 8 aromatic carbocycles. The number of aryl methyl sites for hydroxylation is 2. The molecule has 0 bridgehead atoms. The van der Waals surface area contributed by atoms with Gasteiger partial charge in [-0.3, -0.25) is 0 Å². The van der Waals surface area contributed by atoms with Gasteiger partial charge in [0.15, 0.2) is 46.0 Å². The van der Waals surface area contributed by atoms with E-state index in [1.165, 1.54) is 120 Å². The summed E-state index contributed by atoms with van der Waals surface area (Å²) in [5.74, 6) is -5.58. The van der Waals surface area contributed by atoms with Crippen LogP contribution in [0.1, 0.15) is 49.7 Å². The molecular weight excluding hydrogens is 1760 g/mol. The molecule has 0 radical (unpaired) electrons. The minimum atomic E-state index is -4.18. The Balaban J connectivity index is 0.000000139. The third-order valence-electron chi connectivity index (χ3n) is 21.0. The number of halogens is 7. The van der Waals surface area contributed by atoms with E-state index in [-0.39, 0.29) is 91.7 Å². The smallest absolute Gasteiger partial charge is 0.488 e. The van der Waals surface area contributed by atoms with Crippen molar-refractivity contribution in [2.24, 2.45) is 0 Å². The number of pyridine rings is 3. The van der Waals surface area contributed by atoms with Gasteiger partial charge in [-0.15, -0.1) is 0 Å². The first kappa shape index (κ1) is 88.2. The highest BCUT2D eigenvalue weighted by atomic mass is 79.9. The SMILES string of the molecule is COc1c(F)cc(F)cc1-c1c[nH]c2ncc(-c3cccc(S(=O)(=O)N4CCCC4)c3)cc12.COc1c(F)cc(F)cc1-c1cn(S(=O)(=O)c2ccc(C)cc2)c2ncc(-c3cccc(S(=O)(=O)N4CCCC4)c3)cc12.COc1c(F)cc(F)cc1-c1cn(S(=O)(=O)c2ccc(C)cc2)c2ncc(Br)cc12.O=S(=O)(c1cccc(B(O)O)c1)N1CCCC1. The molecule has 0 aliphatic carbocycles. The molecule has 6 aromatic heterocycles. The zero-order chi connectivity index (χ0) is 87.8. The largest absolute Gasteiger partial charge is 0.493 e. The van der Waals surface area contributed by atoms with Crippen LogP contribution in [0.15, 0.2) is 242 Å². The van der Waals surface area contributed by atoms with Gasteiger partial charge < -0.3 is 29.2 Å². The first-order valence-electron chi connectivity index (χ1n) is 38.2. The summed E-state index contributed by atoms with van der Waals surface area (Å²) >= 11 is 3.32. The number of ether oxygens (including phenoxy) is 3. The number of fused-ring (bicyclic) bond motifs is 3. The summed E-state index contributed by atoms with van der Waals surface area (Å²) in [7, 11) is -16.8. The zero-order valence-electron chi connectivity index (χ0n) is 66.2. The van der Waals surface area contributed by atoms with E-state index in [4.69, 9.17) is 24.3 Å². The molecule has 37 heteroatoms. The number of methoxy groups -OCH3 is 3. The minimum absolute atomic E-state index is 0.00429. The summed E-state index contributed by atoms with van der Waals surface area (Å²) in [5, 5.41) is 19.3. The molecule has 3 aliphatic heterocycles. The van der Waals surface area contributed by atoms with Crippen molar-refractivity contribution in [2.45, 2.75) is 76.8 Å². The Morgan fingerprint density at radius 3 is 1.14 bits per heavy atom. The van der Waals surface area contributed by atoms with Gasteiger partial charge in [-0.2, -0.15) is 12.9 Å². The van der Waals surface area contributed by atoms with Crippen molar-refractivity contribution >= 4 is 112 Å². The second-order valence-corrected chi connectivity index (χ2v) is 39.4. The molecule has 17 rings (SSSR count). The summed E-state index contributed by atoms with van der Waals surface area (Å²) in [6.07, 6.45) is 13.8. The molecule has 3 aliphatic rings. The van der Waals surface area contributed by atoms with Gasteiger partial charge in [0, 0.05) is 160 Å². The van der Waals surface area contributed by atoms with Gasteiger partial charge in [0.05, 0.1) is 45.8 Å². The molecule has 0 unspecified atom stereocenters. The number of hydrogen-bond acceptors (Lipinski definition) is 18. The predicted octanol–water partition coefficient (Wildman–Crippen LogP) is 15.4. The highest BCUT2D eigenvalue weighted by Crippen LogP contribution is 2.44. The van der Waals surface area contributed by atoms with Crippen LogP contribution in [0.5, 0.6) is 17.2 Å². The van der Waals surface area contributed by atoms with Crippen molar-refractivity contribution in [1.82, 2.24) is 40.8 Å². The molecule has 14 aromatic rings. The molecular formula is C86H77BBrF6N9O15S5. The van der Waals surface area contributed by atoms with Crippen LogP contribution in [0.4, 0.5) is 26.3 Å². The fraction of sp³-hybridized carbons (Fsp3) is 0.198. The van der Waals surface area contributed by atoms with E-state index < -0.39 is 92.1 Å². The van der Waals surface area contributed by atoms with E-state index in [2.05, 4.69) is 35.9 Å². The normalized spacial score (nSPS) is 14.3. The lowest BCUT2D eigenvalue weighted by atomic mass is 9.80. The molecule has 0 spiro atoms. The number of nitrogens with one attached hydrogen (secondary N) is 1. The lowest BCUT2D eigenvalue weighted by Gasteiger charge is -2.16. The van der Waals surface area contributed by atoms with Crippen LogP contribution in [0, 0.1) is 48.8 Å². The van der Waals surface area contributed by atoms with Gasteiger partial charge >= 0.3 is 7.12 Å². The standard InChI is InChI=1S/C31H27F2N3O5S2.C24H21F2N3O3S.C21H15BrF2N2O3S.C10H14BNO4S/c1-20-8-10-24(11-9-20)43(39,40)36-19-28(26-16-23(32)17-29(33)30(26)41-2)27-15-22(18-34-31(27)36)21-6-5-7-25(14-21)42(37,38)35-12-3-4-13-35;1-32-23-19(11-17(25)12-22(23)26)21-14-28-24-20(21)10-16(13-27-24)15-5-4-6-18(9-15)33(30,31)29-7-2-3-8-29;1-12-3-5-15(6-4-12)30(27,28)26-11-18(17-7-13(22)10-25-21(17)26)16-8-14(23)9-19(24)20(16)29-2;13-11(14)9-4-3-5-10(8-9)17(15,16)12-6-1-2-7-12/h5-11,14-19H,3-4,12-13H2,1-2H3;4-6,9-14H,2-3,7-8H2,1H3,(H,27,28);3-11H,1-2H3;3-5,8,13-14H,1-2,6-7H2. The quantitative estimate of drug-likeness (QED) is 0.0500. The first-order valence-corrected chi connectivity index (χ1v) is 46.2. The van der Waals surface area contributed by atoms with Crippen LogP contribution in [-0.2, 0) is 50.1 Å². The van der Waals surface area contributed by atoms with E-state index in [1.807, 2.05) is 19.9 Å². The number of rotatable bonds is 19. The number of sulfonamides is 3. The zero-order valence-corrected chi connectivity index (χ0v) is 71.9. The lowest BCUT2D eigenvalue weighted by Crippen LogP contribution is -2.32. The third kappa shape index (κ3) is 18.1. The van der Waals surface area contributed by atoms with Gasteiger partial charge in [-0.1, -0.05) is 71.8 Å². The highest BCUT2D eigenvalue weighted by molar-refractivity contribution is 9.10. The average Bonchev–Trinajstić information content (AvgIpc) is 1.59. The van der Waals surface area contributed by atoms with Crippen LogP contribution in [0.25, 0.3) is 88.7 Å². The van der Waals surface area contributed by atoms with Gasteiger partial charge in [-0.05, 0) is 182 Å². The molecule has 638 valence electrons. The van der Waals surface area contributed by atoms with Crippen LogP contribution < -0.4 is 19.7 Å². The Labute approximate surface area is 714 Å². The molecule has 3 saturated heterocycles. The van der Waals surface area contributed by atoms with Crippen LogP contribution in [-0.4, -0.2) is 161 Å². The minimum Gasteiger partial charge on any atom is -0.493 e. The summed E-state index contributed by atoms with van der Waals surface area (Å²) in [5.41, 5.74) is 6.28. The molecule has 0 atom stereocenters. The Morgan fingerprint density at radius 2 is 0.740 bits per heavy atom. The molecule has 0 amide bonds. The maximum Gasteiger partial charge on any atom is 0.488 e. The van der Waals surface area contributed by atoms with Crippen molar-refractivity contribution in [3.05, 3.63) is 264 Å². The third-order valence-corrected chi connectivity index (χ3v) is 30.4. The van der Waals surface area contributed by atoms with E-state index in [0.29, 0.717) is 100 Å². The fourth-order valence-electron chi connectivity index (χ4n) is 14.8. The number of benzene rings is 8. The summed E-state index contributed by atoms with van der Waals surface area (Å²) < 4.78 is 239. The van der Waals surface area contributed by atoms with Crippen molar-refractivity contribution in [1.29, 1.82) is 0 Å². The Bertz CT molecular complexity index is 7020. The van der Waals surface area contributed by atoms with Crippen LogP contribution in [0.3, 0.4) is 0 Å². The Hall–Kier alpha value is -11.1. The predicted molar refractivity (Wildman–Crippen MR) is 458 cm³/mol. The molecule has 3 N–H and O–H groups in total. The van der Waals surface area contributed by atoms with Crippen molar-refractivity contribution in [2.75, 3.05) is 60.6 Å². The number of nitrogens with zero attached hydrogens (tertiary/aromatic N) is 8. The second-order valence-electron chi connectivity index (χ2n) is 29.0. The van der Waals surface area contributed by atoms with E-state index >= 15 is 0 Å².